The van der Waals surface area contributed by atoms with Crippen LogP contribution in [0, 0.1) is 0 Å². The van der Waals surface area contributed by atoms with Crippen molar-refractivity contribution in [3.63, 3.8) is 0 Å². The van der Waals surface area contributed by atoms with Crippen LogP contribution in [0.1, 0.15) is 37.3 Å². The fraction of sp³-hybridized carbons (Fsp3) is 0.409. The summed E-state index contributed by atoms with van der Waals surface area (Å²) in [6, 6.07) is 11.4. The van der Waals surface area contributed by atoms with Crippen LogP contribution in [0.4, 0.5) is 0 Å². The Bertz CT molecular complexity index is 729. The van der Waals surface area contributed by atoms with Crippen molar-refractivity contribution in [1.29, 1.82) is 0 Å². The van der Waals surface area contributed by atoms with Crippen LogP contribution in [0.15, 0.2) is 36.4 Å². The summed E-state index contributed by atoms with van der Waals surface area (Å²) < 4.78 is 27.1. The SMILES string of the molecule is CCOc1cc(C(CC(=O)OC)c2ccc(OC)c(OCC)c2)ccc1OC. The zero-order valence-electron chi connectivity index (χ0n) is 17.1. The van der Waals surface area contributed by atoms with Crippen LogP contribution in [0.3, 0.4) is 0 Å². The summed E-state index contributed by atoms with van der Waals surface area (Å²) in [5, 5.41) is 0. The van der Waals surface area contributed by atoms with Crippen molar-refractivity contribution in [2.45, 2.75) is 26.2 Å². The summed E-state index contributed by atoms with van der Waals surface area (Å²) in [7, 11) is 4.58. The predicted molar refractivity (Wildman–Crippen MR) is 107 cm³/mol. The molecule has 0 radical (unpaired) electrons. The van der Waals surface area contributed by atoms with Crippen LogP contribution in [0.25, 0.3) is 0 Å². The summed E-state index contributed by atoms with van der Waals surface area (Å²) in [5.41, 5.74) is 1.84. The highest BCUT2D eigenvalue weighted by Crippen LogP contribution is 2.38. The molecule has 28 heavy (non-hydrogen) atoms. The number of carbonyl (C=O) groups excluding carboxylic acids is 1. The van der Waals surface area contributed by atoms with E-state index in [0.29, 0.717) is 36.2 Å². The highest BCUT2D eigenvalue weighted by molar-refractivity contribution is 5.71. The molecule has 0 unspecified atom stereocenters. The highest BCUT2D eigenvalue weighted by atomic mass is 16.5. The molecule has 0 aliphatic heterocycles. The average molecular weight is 388 g/mol. The van der Waals surface area contributed by atoms with E-state index in [9.17, 15) is 4.79 Å². The lowest BCUT2D eigenvalue weighted by Crippen LogP contribution is -2.11. The number of rotatable bonds is 10. The Balaban J connectivity index is 2.52. The monoisotopic (exact) mass is 388 g/mol. The van der Waals surface area contributed by atoms with E-state index in [1.165, 1.54) is 7.11 Å². The van der Waals surface area contributed by atoms with E-state index in [-0.39, 0.29) is 18.3 Å². The van der Waals surface area contributed by atoms with Crippen LogP contribution in [-0.2, 0) is 9.53 Å². The molecule has 0 N–H and O–H groups in total. The molecule has 0 aliphatic carbocycles. The van der Waals surface area contributed by atoms with E-state index in [4.69, 9.17) is 23.7 Å². The van der Waals surface area contributed by atoms with Gasteiger partial charge in [0.1, 0.15) is 0 Å². The maximum Gasteiger partial charge on any atom is 0.306 e. The lowest BCUT2D eigenvalue weighted by atomic mass is 9.88. The molecule has 0 aliphatic rings. The molecule has 0 atom stereocenters. The Morgan fingerprint density at radius 2 is 1.25 bits per heavy atom. The zero-order chi connectivity index (χ0) is 20.5. The minimum Gasteiger partial charge on any atom is -0.493 e. The summed E-state index contributed by atoms with van der Waals surface area (Å²) in [6.07, 6.45) is 0.187. The van der Waals surface area contributed by atoms with Crippen molar-refractivity contribution in [1.82, 2.24) is 0 Å². The lowest BCUT2D eigenvalue weighted by Gasteiger charge is -2.20. The van der Waals surface area contributed by atoms with Gasteiger partial charge in [0.15, 0.2) is 23.0 Å². The van der Waals surface area contributed by atoms with Crippen LogP contribution >= 0.6 is 0 Å². The van der Waals surface area contributed by atoms with Gasteiger partial charge in [0.25, 0.3) is 0 Å². The fourth-order valence-electron chi connectivity index (χ4n) is 3.03. The standard InChI is InChI=1S/C22H28O6/c1-6-27-20-12-15(8-10-18(20)24-3)17(14-22(23)26-5)16-9-11-19(25-4)21(13-16)28-7-2/h8-13,17H,6-7,14H2,1-5H3. The van der Waals surface area contributed by atoms with Gasteiger partial charge in [-0.3, -0.25) is 4.79 Å². The Labute approximate surface area is 166 Å². The molecule has 0 amide bonds. The van der Waals surface area contributed by atoms with Crippen LogP contribution in [-0.4, -0.2) is 40.5 Å². The van der Waals surface area contributed by atoms with Gasteiger partial charge in [-0.05, 0) is 49.2 Å². The maximum absolute atomic E-state index is 12.1. The molecule has 2 aromatic carbocycles. The fourth-order valence-corrected chi connectivity index (χ4v) is 3.03. The quantitative estimate of drug-likeness (QED) is 0.569. The summed E-state index contributed by atoms with van der Waals surface area (Å²) in [5.74, 6) is 2.03. The van der Waals surface area contributed by atoms with Gasteiger partial charge in [-0.15, -0.1) is 0 Å². The molecule has 2 rings (SSSR count). The van der Waals surface area contributed by atoms with Crippen molar-refractivity contribution in [3.8, 4) is 23.0 Å². The number of hydrogen-bond acceptors (Lipinski definition) is 6. The van der Waals surface area contributed by atoms with Crippen molar-refractivity contribution in [3.05, 3.63) is 47.5 Å². The van der Waals surface area contributed by atoms with Gasteiger partial charge in [0.2, 0.25) is 0 Å². The lowest BCUT2D eigenvalue weighted by molar-refractivity contribution is -0.140. The maximum atomic E-state index is 12.1. The molecular formula is C22H28O6. The molecule has 0 heterocycles. The van der Waals surface area contributed by atoms with Gasteiger partial charge < -0.3 is 23.7 Å². The first-order chi connectivity index (χ1) is 13.6. The summed E-state index contributed by atoms with van der Waals surface area (Å²) in [6.45, 7) is 4.85. The molecule has 0 fully saturated rings. The number of ether oxygens (including phenoxy) is 5. The van der Waals surface area contributed by atoms with Gasteiger partial charge in [-0.2, -0.15) is 0 Å². The van der Waals surface area contributed by atoms with E-state index in [1.54, 1.807) is 14.2 Å². The summed E-state index contributed by atoms with van der Waals surface area (Å²) in [4.78, 5) is 12.1. The second-order valence-corrected chi connectivity index (χ2v) is 6.02. The molecule has 0 saturated carbocycles. The molecule has 0 saturated heterocycles. The molecule has 0 spiro atoms. The zero-order valence-corrected chi connectivity index (χ0v) is 17.1. The molecule has 152 valence electrons. The predicted octanol–water partition coefficient (Wildman–Crippen LogP) is 4.20. The van der Waals surface area contributed by atoms with Crippen molar-refractivity contribution in [2.75, 3.05) is 34.5 Å². The Morgan fingerprint density at radius 1 is 0.786 bits per heavy atom. The topological polar surface area (TPSA) is 63.2 Å². The molecule has 2 aromatic rings. The van der Waals surface area contributed by atoms with E-state index < -0.39 is 0 Å². The molecular weight excluding hydrogens is 360 g/mol. The van der Waals surface area contributed by atoms with E-state index in [2.05, 4.69) is 0 Å². The Hall–Kier alpha value is -2.89. The minimum atomic E-state index is -0.299. The van der Waals surface area contributed by atoms with Crippen LogP contribution in [0.5, 0.6) is 23.0 Å². The van der Waals surface area contributed by atoms with Gasteiger partial charge >= 0.3 is 5.97 Å². The third kappa shape index (κ3) is 5.09. The smallest absolute Gasteiger partial charge is 0.306 e. The van der Waals surface area contributed by atoms with Gasteiger partial charge in [-0.1, -0.05) is 12.1 Å². The largest absolute Gasteiger partial charge is 0.493 e. The first kappa shape index (κ1) is 21.4. The van der Waals surface area contributed by atoms with E-state index in [0.717, 1.165) is 11.1 Å². The average Bonchev–Trinajstić information content (AvgIpc) is 2.72. The second kappa shape index (κ2) is 10.4. The van der Waals surface area contributed by atoms with Crippen molar-refractivity contribution in [2.24, 2.45) is 0 Å². The van der Waals surface area contributed by atoms with Gasteiger partial charge in [0, 0.05) is 5.92 Å². The van der Waals surface area contributed by atoms with Crippen LogP contribution in [0.2, 0.25) is 0 Å². The second-order valence-electron chi connectivity index (χ2n) is 6.02. The number of esters is 1. The van der Waals surface area contributed by atoms with Crippen molar-refractivity contribution >= 4 is 5.97 Å². The van der Waals surface area contributed by atoms with Gasteiger partial charge in [-0.25, -0.2) is 0 Å². The number of carbonyl (C=O) groups is 1. The molecule has 6 heteroatoms. The molecule has 6 nitrogen and oxygen atoms in total. The third-order valence-corrected chi connectivity index (χ3v) is 4.38. The van der Waals surface area contributed by atoms with Gasteiger partial charge in [0.05, 0.1) is 41.0 Å². The highest BCUT2D eigenvalue weighted by Gasteiger charge is 2.22. The Kier molecular flexibility index (Phi) is 7.99. The third-order valence-electron chi connectivity index (χ3n) is 4.38. The summed E-state index contributed by atoms with van der Waals surface area (Å²) >= 11 is 0. The number of benzene rings is 2. The van der Waals surface area contributed by atoms with Crippen LogP contribution < -0.4 is 18.9 Å². The minimum absolute atomic E-state index is 0.187. The van der Waals surface area contributed by atoms with Crippen molar-refractivity contribution < 1.29 is 28.5 Å². The Morgan fingerprint density at radius 3 is 1.61 bits per heavy atom. The molecule has 0 bridgehead atoms. The van der Waals surface area contributed by atoms with E-state index >= 15 is 0 Å². The first-order valence-electron chi connectivity index (χ1n) is 9.26. The normalized spacial score (nSPS) is 10.5. The first-order valence-corrected chi connectivity index (χ1v) is 9.26. The van der Waals surface area contributed by atoms with E-state index in [1.807, 2.05) is 50.2 Å². The molecule has 0 aromatic heterocycles. The number of methoxy groups -OCH3 is 3. The number of hydrogen-bond donors (Lipinski definition) is 0.